The van der Waals surface area contributed by atoms with Crippen LogP contribution in [0.25, 0.3) is 6.08 Å². The van der Waals surface area contributed by atoms with E-state index in [0.717, 1.165) is 31.9 Å². The summed E-state index contributed by atoms with van der Waals surface area (Å²) in [5, 5.41) is 2.85. The number of esters is 1. The van der Waals surface area contributed by atoms with Crippen molar-refractivity contribution in [3.63, 3.8) is 0 Å². The van der Waals surface area contributed by atoms with Crippen LogP contribution < -0.4 is 10.2 Å². The summed E-state index contributed by atoms with van der Waals surface area (Å²) in [5.74, 6) is 0.771. The molecule has 2 aromatic rings. The minimum atomic E-state index is -0.246. The van der Waals surface area contributed by atoms with Gasteiger partial charge in [0, 0.05) is 50.1 Å². The van der Waals surface area contributed by atoms with E-state index in [0.29, 0.717) is 24.5 Å². The summed E-state index contributed by atoms with van der Waals surface area (Å²) in [6.07, 6.45) is 3.79. The van der Waals surface area contributed by atoms with Gasteiger partial charge in [-0.1, -0.05) is 0 Å². The fraction of sp³-hybridized carbons (Fsp3) is 0.391. The zero-order valence-electron chi connectivity index (χ0n) is 17.6. The van der Waals surface area contributed by atoms with Gasteiger partial charge in [-0.3, -0.25) is 9.59 Å². The summed E-state index contributed by atoms with van der Waals surface area (Å²) >= 11 is 0. The summed E-state index contributed by atoms with van der Waals surface area (Å²) in [6.45, 7) is 6.28. The monoisotopic (exact) mass is 411 g/mol. The number of rotatable bonds is 8. The number of nitrogens with zero attached hydrogens (tertiary/aromatic N) is 2. The van der Waals surface area contributed by atoms with E-state index in [2.05, 4.69) is 22.2 Å². The van der Waals surface area contributed by atoms with Crippen LogP contribution in [0.1, 0.15) is 24.9 Å². The molecule has 0 unspecified atom stereocenters. The average Bonchev–Trinajstić information content (AvgIpc) is 3.20. The van der Waals surface area contributed by atoms with Crippen LogP contribution in [0.15, 0.2) is 46.9 Å². The van der Waals surface area contributed by atoms with Gasteiger partial charge in [0.25, 0.3) is 0 Å². The average molecular weight is 412 g/mol. The van der Waals surface area contributed by atoms with Gasteiger partial charge >= 0.3 is 5.97 Å². The second-order valence-electron chi connectivity index (χ2n) is 7.27. The first-order valence-electron chi connectivity index (χ1n) is 10.3. The molecule has 1 saturated heterocycles. The first kappa shape index (κ1) is 21.6. The molecule has 0 atom stereocenters. The van der Waals surface area contributed by atoms with Gasteiger partial charge < -0.3 is 24.3 Å². The van der Waals surface area contributed by atoms with Gasteiger partial charge in [0.05, 0.1) is 13.0 Å². The Morgan fingerprint density at radius 2 is 1.83 bits per heavy atom. The van der Waals surface area contributed by atoms with Crippen molar-refractivity contribution in [2.45, 2.75) is 19.8 Å². The number of anilines is 2. The third kappa shape index (κ3) is 6.49. The number of carbonyl (C=O) groups excluding carboxylic acids is 2. The summed E-state index contributed by atoms with van der Waals surface area (Å²) < 4.78 is 10.5. The maximum Gasteiger partial charge on any atom is 0.306 e. The number of nitrogens with one attached hydrogen (secondary N) is 1. The van der Waals surface area contributed by atoms with Gasteiger partial charge in [-0.25, -0.2) is 0 Å². The van der Waals surface area contributed by atoms with Crippen LogP contribution >= 0.6 is 0 Å². The van der Waals surface area contributed by atoms with Crippen molar-refractivity contribution in [1.82, 2.24) is 4.90 Å². The number of carbonyl (C=O) groups is 2. The van der Waals surface area contributed by atoms with Crippen LogP contribution in [0.3, 0.4) is 0 Å². The highest BCUT2D eigenvalue weighted by atomic mass is 16.5. The SMILES string of the molecule is CCOC(=O)CCc1ccc(C=CC(=O)Nc2ccc(N3CCN(C)CC3)cc2)o1. The van der Waals surface area contributed by atoms with E-state index in [9.17, 15) is 9.59 Å². The number of ether oxygens (including phenoxy) is 1. The molecule has 7 nitrogen and oxygen atoms in total. The Morgan fingerprint density at radius 1 is 1.10 bits per heavy atom. The van der Waals surface area contributed by atoms with Crippen LogP contribution in [0.2, 0.25) is 0 Å². The zero-order valence-corrected chi connectivity index (χ0v) is 17.6. The molecule has 0 aliphatic carbocycles. The molecule has 1 aromatic heterocycles. The number of furan rings is 1. The number of hydrogen-bond acceptors (Lipinski definition) is 6. The quantitative estimate of drug-likeness (QED) is 0.531. The molecule has 1 aliphatic rings. The van der Waals surface area contributed by atoms with E-state index >= 15 is 0 Å². The van der Waals surface area contributed by atoms with Crippen molar-refractivity contribution in [1.29, 1.82) is 0 Å². The topological polar surface area (TPSA) is 75.0 Å². The largest absolute Gasteiger partial charge is 0.466 e. The number of likely N-dealkylation sites (N-methyl/N-ethyl adjacent to an activating group) is 1. The standard InChI is InChI=1S/C23H29N3O4/c1-3-29-23(28)13-11-21-9-8-20(30-21)10-12-22(27)24-18-4-6-19(7-5-18)26-16-14-25(2)15-17-26/h4-10,12H,3,11,13-17H2,1-2H3,(H,24,27). The van der Waals surface area contributed by atoms with Gasteiger partial charge in [-0.15, -0.1) is 0 Å². The lowest BCUT2D eigenvalue weighted by Crippen LogP contribution is -2.44. The van der Waals surface area contributed by atoms with Gasteiger partial charge in [0.1, 0.15) is 11.5 Å². The zero-order chi connectivity index (χ0) is 21.3. The Balaban J connectivity index is 1.47. The molecule has 2 heterocycles. The fourth-order valence-electron chi connectivity index (χ4n) is 3.24. The van der Waals surface area contributed by atoms with E-state index < -0.39 is 0 Å². The molecule has 1 N–H and O–H groups in total. The Bertz CT molecular complexity index is 865. The predicted molar refractivity (Wildman–Crippen MR) is 117 cm³/mol. The van der Waals surface area contributed by atoms with Crippen molar-refractivity contribution in [3.05, 3.63) is 54.0 Å². The summed E-state index contributed by atoms with van der Waals surface area (Å²) in [4.78, 5) is 28.3. The molecule has 7 heteroatoms. The highest BCUT2D eigenvalue weighted by molar-refractivity contribution is 6.01. The molecule has 160 valence electrons. The van der Waals surface area contributed by atoms with Gasteiger partial charge in [-0.05, 0) is 56.4 Å². The number of hydrogen-bond donors (Lipinski definition) is 1. The molecule has 3 rings (SSSR count). The van der Waals surface area contributed by atoms with Crippen molar-refractivity contribution in [2.24, 2.45) is 0 Å². The van der Waals surface area contributed by atoms with E-state index in [4.69, 9.17) is 9.15 Å². The number of piperazine rings is 1. The van der Waals surface area contributed by atoms with Crippen LogP contribution in [-0.2, 0) is 20.7 Å². The molecule has 0 bridgehead atoms. The van der Waals surface area contributed by atoms with Gasteiger partial charge in [0.2, 0.25) is 5.91 Å². The molecular weight excluding hydrogens is 382 g/mol. The van der Waals surface area contributed by atoms with E-state index in [1.165, 1.54) is 11.8 Å². The maximum absolute atomic E-state index is 12.2. The molecule has 0 saturated carbocycles. The Hall–Kier alpha value is -3.06. The third-order valence-electron chi connectivity index (χ3n) is 4.97. The molecule has 0 radical (unpaired) electrons. The summed E-state index contributed by atoms with van der Waals surface area (Å²) in [7, 11) is 2.14. The smallest absolute Gasteiger partial charge is 0.306 e. The van der Waals surface area contributed by atoms with Crippen molar-refractivity contribution < 1.29 is 18.7 Å². The number of benzene rings is 1. The van der Waals surface area contributed by atoms with Crippen LogP contribution in [0.5, 0.6) is 0 Å². The summed E-state index contributed by atoms with van der Waals surface area (Å²) in [5.41, 5.74) is 1.92. The molecule has 1 amide bonds. The van der Waals surface area contributed by atoms with Crippen molar-refractivity contribution >= 4 is 29.3 Å². The highest BCUT2D eigenvalue weighted by Gasteiger charge is 2.14. The van der Waals surface area contributed by atoms with E-state index in [-0.39, 0.29) is 18.3 Å². The fourth-order valence-corrected chi connectivity index (χ4v) is 3.24. The molecule has 1 aliphatic heterocycles. The first-order chi connectivity index (χ1) is 14.5. The number of aryl methyl sites for hydroxylation is 1. The maximum atomic E-state index is 12.2. The number of amides is 1. The lowest BCUT2D eigenvalue weighted by atomic mass is 10.2. The predicted octanol–water partition coefficient (Wildman–Crippen LogP) is 3.18. The minimum absolute atomic E-state index is 0.230. The lowest BCUT2D eigenvalue weighted by molar-refractivity contribution is -0.143. The molecule has 1 fully saturated rings. The Morgan fingerprint density at radius 3 is 2.53 bits per heavy atom. The van der Waals surface area contributed by atoms with Crippen LogP contribution in [0, 0.1) is 0 Å². The van der Waals surface area contributed by atoms with Crippen molar-refractivity contribution in [2.75, 3.05) is 50.1 Å². The van der Waals surface area contributed by atoms with E-state index in [1.54, 1.807) is 25.1 Å². The van der Waals surface area contributed by atoms with Gasteiger partial charge in [-0.2, -0.15) is 0 Å². The molecule has 1 aromatic carbocycles. The molecular formula is C23H29N3O4. The molecule has 30 heavy (non-hydrogen) atoms. The van der Waals surface area contributed by atoms with Gasteiger partial charge in [0.15, 0.2) is 0 Å². The van der Waals surface area contributed by atoms with E-state index in [1.807, 2.05) is 24.3 Å². The second-order valence-corrected chi connectivity index (χ2v) is 7.27. The highest BCUT2D eigenvalue weighted by Crippen LogP contribution is 2.19. The van der Waals surface area contributed by atoms with Crippen LogP contribution in [0.4, 0.5) is 11.4 Å². The second kappa shape index (κ2) is 10.6. The minimum Gasteiger partial charge on any atom is -0.466 e. The third-order valence-corrected chi connectivity index (χ3v) is 4.97. The first-order valence-corrected chi connectivity index (χ1v) is 10.3. The summed E-state index contributed by atoms with van der Waals surface area (Å²) in [6, 6.07) is 11.5. The Kier molecular flexibility index (Phi) is 7.68. The van der Waals surface area contributed by atoms with Crippen molar-refractivity contribution in [3.8, 4) is 0 Å². The normalized spacial score (nSPS) is 14.8. The van der Waals surface area contributed by atoms with Crippen LogP contribution in [-0.4, -0.2) is 56.6 Å². The lowest BCUT2D eigenvalue weighted by Gasteiger charge is -2.34. The molecule has 0 spiro atoms. The Labute approximate surface area is 177 Å².